The van der Waals surface area contributed by atoms with Crippen molar-refractivity contribution in [1.29, 1.82) is 0 Å². The zero-order valence-electron chi connectivity index (χ0n) is 10.5. The van der Waals surface area contributed by atoms with Crippen molar-refractivity contribution in [2.75, 3.05) is 0 Å². The number of hydrogen-bond donors (Lipinski definition) is 1. The molecule has 98 valence electrons. The van der Waals surface area contributed by atoms with E-state index in [-0.39, 0.29) is 5.75 Å². The monoisotopic (exact) mass is 265 g/mol. The van der Waals surface area contributed by atoms with Gasteiger partial charge in [-0.1, -0.05) is 18.2 Å². The van der Waals surface area contributed by atoms with Gasteiger partial charge in [0, 0.05) is 6.07 Å². The maximum Gasteiger partial charge on any atom is 0.145 e. The molecule has 0 unspecified atom stereocenters. The number of azo groups is 1. The maximum absolute atomic E-state index is 9.96. The lowest BCUT2D eigenvalue weighted by atomic mass is 10.2. The third-order valence-corrected chi connectivity index (χ3v) is 2.71. The van der Waals surface area contributed by atoms with Gasteiger partial charge in [-0.05, 0) is 24.3 Å². The normalized spacial score (nSPS) is 11.0. The highest BCUT2D eigenvalue weighted by atomic mass is 16.3. The van der Waals surface area contributed by atoms with Gasteiger partial charge in [-0.25, -0.2) is 0 Å². The summed E-state index contributed by atoms with van der Waals surface area (Å²) in [5.41, 5.74) is 1.90. The van der Waals surface area contributed by atoms with E-state index in [4.69, 9.17) is 0 Å². The molecule has 1 aromatic heterocycles. The Hall–Kier alpha value is -3.02. The molecule has 0 saturated carbocycles. The number of hydrogen-bond acceptors (Lipinski definition) is 5. The fourth-order valence-corrected chi connectivity index (χ4v) is 1.70. The van der Waals surface area contributed by atoms with Crippen LogP contribution in [0, 0.1) is 0 Å². The van der Waals surface area contributed by atoms with Gasteiger partial charge in [0.05, 0.1) is 11.4 Å². The minimum Gasteiger partial charge on any atom is -0.506 e. The molecule has 0 aliphatic carbocycles. The van der Waals surface area contributed by atoms with Gasteiger partial charge in [-0.2, -0.15) is 5.11 Å². The Morgan fingerprint density at radius 3 is 2.35 bits per heavy atom. The first kappa shape index (κ1) is 12.0. The summed E-state index contributed by atoms with van der Waals surface area (Å²) in [7, 11) is 0. The van der Waals surface area contributed by atoms with Crippen LogP contribution in [0.15, 0.2) is 71.4 Å². The number of aromatic hydroxyl groups is 1. The lowest BCUT2D eigenvalue weighted by Crippen LogP contribution is -1.88. The van der Waals surface area contributed by atoms with Crippen LogP contribution in [0.25, 0.3) is 5.69 Å². The number of benzene rings is 2. The van der Waals surface area contributed by atoms with Crippen molar-refractivity contribution < 1.29 is 5.11 Å². The number of phenols is 1. The topological polar surface area (TPSA) is 75.7 Å². The molecule has 1 N–H and O–H groups in total. The van der Waals surface area contributed by atoms with E-state index in [0.717, 1.165) is 11.4 Å². The van der Waals surface area contributed by atoms with Gasteiger partial charge in [0.25, 0.3) is 0 Å². The van der Waals surface area contributed by atoms with E-state index in [1.165, 1.54) is 0 Å². The van der Waals surface area contributed by atoms with Gasteiger partial charge < -0.3 is 5.11 Å². The Kier molecular flexibility index (Phi) is 3.20. The molecule has 0 fully saturated rings. The molecule has 6 nitrogen and oxygen atoms in total. The molecular formula is C14H11N5O. The molecule has 2 aromatic carbocycles. The second-order valence-corrected chi connectivity index (χ2v) is 4.08. The van der Waals surface area contributed by atoms with Crippen LogP contribution in [-0.2, 0) is 0 Å². The molecule has 0 amide bonds. The highest BCUT2D eigenvalue weighted by Crippen LogP contribution is 2.30. The quantitative estimate of drug-likeness (QED) is 0.737. The summed E-state index contributed by atoms with van der Waals surface area (Å²) in [6.45, 7) is 0. The second kappa shape index (κ2) is 5.31. The number of aromatic nitrogens is 3. The summed E-state index contributed by atoms with van der Waals surface area (Å²) >= 11 is 0. The Bertz CT molecular complexity index is 723. The van der Waals surface area contributed by atoms with Crippen molar-refractivity contribution in [3.63, 3.8) is 0 Å². The summed E-state index contributed by atoms with van der Waals surface area (Å²) in [5.74, 6) is 0.0517. The van der Waals surface area contributed by atoms with E-state index in [2.05, 4.69) is 20.4 Å². The van der Waals surface area contributed by atoms with Crippen molar-refractivity contribution in [2.45, 2.75) is 0 Å². The Balaban J connectivity index is 1.87. The van der Waals surface area contributed by atoms with E-state index in [9.17, 15) is 5.11 Å². The first-order chi connectivity index (χ1) is 9.83. The Labute approximate surface area is 115 Å². The summed E-state index contributed by atoms with van der Waals surface area (Å²) in [4.78, 5) is 0. The van der Waals surface area contributed by atoms with Gasteiger partial charge in [0.15, 0.2) is 0 Å². The zero-order chi connectivity index (χ0) is 13.8. The van der Waals surface area contributed by atoms with Crippen LogP contribution < -0.4 is 0 Å². The lowest BCUT2D eigenvalue weighted by molar-refractivity contribution is 0.476. The molecule has 0 spiro atoms. The van der Waals surface area contributed by atoms with Gasteiger partial charge in [-0.3, -0.25) is 4.57 Å². The van der Waals surface area contributed by atoms with Crippen LogP contribution >= 0.6 is 0 Å². The van der Waals surface area contributed by atoms with E-state index >= 15 is 0 Å². The van der Waals surface area contributed by atoms with Gasteiger partial charge >= 0.3 is 0 Å². The van der Waals surface area contributed by atoms with Crippen molar-refractivity contribution in [3.8, 4) is 11.4 Å². The average molecular weight is 265 g/mol. The number of nitrogens with zero attached hydrogens (tertiary/aromatic N) is 5. The van der Waals surface area contributed by atoms with Crippen molar-refractivity contribution in [2.24, 2.45) is 10.2 Å². The summed E-state index contributed by atoms with van der Waals surface area (Å²) in [6, 6.07) is 14.4. The third-order valence-electron chi connectivity index (χ3n) is 2.71. The van der Waals surface area contributed by atoms with Crippen LogP contribution in [-0.4, -0.2) is 19.9 Å². The standard InChI is InChI=1S/C14H11N5O/c20-14-8-12(19-9-15-16-10-19)6-7-13(14)18-17-11-4-2-1-3-5-11/h1-10,20H. The molecule has 0 atom stereocenters. The number of rotatable bonds is 3. The smallest absolute Gasteiger partial charge is 0.145 e. The second-order valence-electron chi connectivity index (χ2n) is 4.08. The van der Waals surface area contributed by atoms with Gasteiger partial charge in [-0.15, -0.1) is 15.3 Å². The molecule has 0 radical (unpaired) electrons. The molecule has 0 saturated heterocycles. The zero-order valence-corrected chi connectivity index (χ0v) is 10.5. The molecule has 0 aliphatic rings. The minimum atomic E-state index is 0.0517. The first-order valence-corrected chi connectivity index (χ1v) is 5.98. The van der Waals surface area contributed by atoms with Crippen molar-refractivity contribution in [1.82, 2.24) is 14.8 Å². The molecule has 1 heterocycles. The predicted molar refractivity (Wildman–Crippen MR) is 73.6 cm³/mol. The first-order valence-electron chi connectivity index (χ1n) is 5.98. The predicted octanol–water partition coefficient (Wildman–Crippen LogP) is 3.39. The Morgan fingerprint density at radius 2 is 1.65 bits per heavy atom. The molecule has 20 heavy (non-hydrogen) atoms. The number of phenolic OH excluding ortho intramolecular Hbond substituents is 1. The highest BCUT2D eigenvalue weighted by Gasteiger charge is 2.03. The van der Waals surface area contributed by atoms with E-state index < -0.39 is 0 Å². The van der Waals surface area contributed by atoms with Gasteiger partial charge in [0.1, 0.15) is 24.1 Å². The van der Waals surface area contributed by atoms with Crippen LogP contribution in [0.5, 0.6) is 5.75 Å². The lowest BCUT2D eigenvalue weighted by Gasteiger charge is -2.03. The Morgan fingerprint density at radius 1 is 0.900 bits per heavy atom. The largest absolute Gasteiger partial charge is 0.506 e. The van der Waals surface area contributed by atoms with Crippen LogP contribution in [0.3, 0.4) is 0 Å². The molecule has 6 heteroatoms. The summed E-state index contributed by atoms with van der Waals surface area (Å²) in [5, 5.41) is 25.5. The molecule has 0 bridgehead atoms. The SMILES string of the molecule is Oc1cc(-n2cnnc2)ccc1N=Nc1ccccc1. The summed E-state index contributed by atoms with van der Waals surface area (Å²) < 4.78 is 1.69. The van der Waals surface area contributed by atoms with Crippen LogP contribution in [0.1, 0.15) is 0 Å². The summed E-state index contributed by atoms with van der Waals surface area (Å²) in [6.07, 6.45) is 3.11. The van der Waals surface area contributed by atoms with Crippen molar-refractivity contribution >= 4 is 11.4 Å². The molecule has 0 aliphatic heterocycles. The minimum absolute atomic E-state index is 0.0517. The maximum atomic E-state index is 9.96. The van der Waals surface area contributed by atoms with Crippen LogP contribution in [0.2, 0.25) is 0 Å². The van der Waals surface area contributed by atoms with Crippen LogP contribution in [0.4, 0.5) is 11.4 Å². The van der Waals surface area contributed by atoms with Gasteiger partial charge in [0.2, 0.25) is 0 Å². The molecule has 3 rings (SSSR count). The van der Waals surface area contributed by atoms with E-state index in [1.54, 1.807) is 29.4 Å². The highest BCUT2D eigenvalue weighted by molar-refractivity contribution is 5.56. The van der Waals surface area contributed by atoms with E-state index in [1.807, 2.05) is 36.4 Å². The molecular weight excluding hydrogens is 254 g/mol. The third kappa shape index (κ3) is 2.54. The average Bonchev–Trinajstić information content (AvgIpc) is 3.01. The molecule has 3 aromatic rings. The fourth-order valence-electron chi connectivity index (χ4n) is 1.70. The van der Waals surface area contributed by atoms with E-state index in [0.29, 0.717) is 5.69 Å². The fraction of sp³-hybridized carbons (Fsp3) is 0. The van der Waals surface area contributed by atoms with Crippen molar-refractivity contribution in [3.05, 3.63) is 61.2 Å².